The number of hydrogen-bond acceptors (Lipinski definition) is 2. The molecule has 0 aliphatic carbocycles. The van der Waals surface area contributed by atoms with E-state index in [0.717, 1.165) is 48.9 Å². The van der Waals surface area contributed by atoms with Gasteiger partial charge < -0.3 is 5.32 Å². The van der Waals surface area contributed by atoms with Gasteiger partial charge in [-0.25, -0.2) is 0 Å². The van der Waals surface area contributed by atoms with Crippen LogP contribution in [-0.4, -0.2) is 21.7 Å². The molecule has 19 heavy (non-hydrogen) atoms. The number of aromatic nitrogens is 2. The van der Waals surface area contributed by atoms with Crippen LogP contribution in [0.1, 0.15) is 45.5 Å². The summed E-state index contributed by atoms with van der Waals surface area (Å²) in [7, 11) is 0. The van der Waals surface area contributed by atoms with E-state index < -0.39 is 0 Å². The predicted octanol–water partition coefficient (Wildman–Crippen LogP) is 3.86. The number of nitrogens with zero attached hydrogens (tertiary/aromatic N) is 2. The van der Waals surface area contributed by atoms with Crippen LogP contribution in [0.15, 0.2) is 0 Å². The van der Waals surface area contributed by atoms with Gasteiger partial charge in [0.25, 0.3) is 0 Å². The molecule has 1 rings (SSSR count). The fourth-order valence-electron chi connectivity index (χ4n) is 2.13. The zero-order valence-corrected chi connectivity index (χ0v) is 13.9. The molecule has 0 bridgehead atoms. The third-order valence-corrected chi connectivity index (χ3v) is 3.85. The largest absolute Gasteiger partial charge is 0.310 e. The Labute approximate surface area is 126 Å². The van der Waals surface area contributed by atoms with Crippen molar-refractivity contribution in [2.45, 2.75) is 59.0 Å². The summed E-state index contributed by atoms with van der Waals surface area (Å²) in [5.74, 6) is 0.626. The highest BCUT2D eigenvalue weighted by Gasteiger charge is 2.14. The van der Waals surface area contributed by atoms with E-state index in [-0.39, 0.29) is 5.38 Å². The highest BCUT2D eigenvalue weighted by atomic mass is 35.5. The molecule has 0 saturated heterocycles. The minimum Gasteiger partial charge on any atom is -0.310 e. The van der Waals surface area contributed by atoms with E-state index in [1.807, 2.05) is 4.68 Å². The fraction of sp³-hybridized carbons (Fsp3) is 0.786. The third-order valence-electron chi connectivity index (χ3n) is 3.08. The zero-order valence-electron chi connectivity index (χ0n) is 12.3. The lowest BCUT2D eigenvalue weighted by Crippen LogP contribution is -2.25. The van der Waals surface area contributed by atoms with E-state index in [9.17, 15) is 0 Å². The van der Waals surface area contributed by atoms with E-state index in [1.54, 1.807) is 0 Å². The summed E-state index contributed by atoms with van der Waals surface area (Å²) < 4.78 is 1.97. The average molecular weight is 306 g/mol. The molecule has 1 atom stereocenters. The number of alkyl halides is 1. The van der Waals surface area contributed by atoms with Crippen molar-refractivity contribution in [1.82, 2.24) is 15.1 Å². The summed E-state index contributed by atoms with van der Waals surface area (Å²) in [4.78, 5) is 0. The average Bonchev–Trinajstić information content (AvgIpc) is 2.65. The van der Waals surface area contributed by atoms with Crippen LogP contribution in [0.4, 0.5) is 0 Å². The van der Waals surface area contributed by atoms with Crippen molar-refractivity contribution in [2.24, 2.45) is 5.92 Å². The van der Waals surface area contributed by atoms with Crippen molar-refractivity contribution < 1.29 is 0 Å². The maximum absolute atomic E-state index is 6.35. The topological polar surface area (TPSA) is 29.9 Å². The molecule has 0 radical (unpaired) electrons. The zero-order chi connectivity index (χ0) is 14.4. The SMILES string of the molecule is CCc1nn(CC)c(CNCC(Cl)CC(C)C)c1Cl. The molecule has 110 valence electrons. The highest BCUT2D eigenvalue weighted by Crippen LogP contribution is 2.21. The van der Waals surface area contributed by atoms with Crippen molar-refractivity contribution in [3.8, 4) is 0 Å². The van der Waals surface area contributed by atoms with Gasteiger partial charge in [-0.2, -0.15) is 5.10 Å². The quantitative estimate of drug-likeness (QED) is 0.739. The summed E-state index contributed by atoms with van der Waals surface area (Å²) in [5.41, 5.74) is 2.04. The van der Waals surface area contributed by atoms with Crippen LogP contribution in [0, 0.1) is 5.92 Å². The van der Waals surface area contributed by atoms with E-state index in [1.165, 1.54) is 0 Å². The van der Waals surface area contributed by atoms with Crippen LogP contribution in [0.25, 0.3) is 0 Å². The van der Waals surface area contributed by atoms with Gasteiger partial charge in [-0.3, -0.25) is 4.68 Å². The number of halogens is 2. The van der Waals surface area contributed by atoms with E-state index >= 15 is 0 Å². The smallest absolute Gasteiger partial charge is 0.0863 e. The number of nitrogens with one attached hydrogen (secondary N) is 1. The first-order chi connectivity index (χ1) is 8.99. The summed E-state index contributed by atoms with van der Waals surface area (Å²) >= 11 is 12.6. The van der Waals surface area contributed by atoms with Gasteiger partial charge in [0.15, 0.2) is 0 Å². The minimum absolute atomic E-state index is 0.169. The molecule has 0 aliphatic rings. The molecule has 0 saturated carbocycles. The maximum atomic E-state index is 6.35. The predicted molar refractivity (Wildman–Crippen MR) is 83.1 cm³/mol. The first kappa shape index (κ1) is 16.8. The molecular weight excluding hydrogens is 281 g/mol. The summed E-state index contributed by atoms with van der Waals surface area (Å²) in [6.07, 6.45) is 1.89. The van der Waals surface area contributed by atoms with Crippen LogP contribution < -0.4 is 5.32 Å². The molecule has 0 aromatic carbocycles. The van der Waals surface area contributed by atoms with Crippen LogP contribution >= 0.6 is 23.2 Å². The van der Waals surface area contributed by atoms with Crippen molar-refractivity contribution in [2.75, 3.05) is 6.54 Å². The number of rotatable bonds is 8. The molecule has 1 N–H and O–H groups in total. The lowest BCUT2D eigenvalue weighted by Gasteiger charge is -2.13. The van der Waals surface area contributed by atoms with Gasteiger partial charge in [0.05, 0.1) is 16.4 Å². The van der Waals surface area contributed by atoms with E-state index in [0.29, 0.717) is 5.92 Å². The number of aryl methyl sites for hydroxylation is 2. The Morgan fingerprint density at radius 1 is 1.32 bits per heavy atom. The second-order valence-electron chi connectivity index (χ2n) is 5.23. The van der Waals surface area contributed by atoms with E-state index in [4.69, 9.17) is 23.2 Å². The monoisotopic (exact) mass is 305 g/mol. The van der Waals surface area contributed by atoms with Crippen LogP contribution in [-0.2, 0) is 19.5 Å². The van der Waals surface area contributed by atoms with Crippen molar-refractivity contribution in [1.29, 1.82) is 0 Å². The first-order valence-corrected chi connectivity index (χ1v) is 7.89. The lowest BCUT2D eigenvalue weighted by atomic mass is 10.1. The van der Waals surface area contributed by atoms with Crippen molar-refractivity contribution >= 4 is 23.2 Å². The molecule has 3 nitrogen and oxygen atoms in total. The molecular formula is C14H25Cl2N3. The second-order valence-corrected chi connectivity index (χ2v) is 6.23. The number of hydrogen-bond donors (Lipinski definition) is 1. The lowest BCUT2D eigenvalue weighted by molar-refractivity contribution is 0.521. The van der Waals surface area contributed by atoms with Gasteiger partial charge in [-0.05, 0) is 25.7 Å². The molecule has 1 aromatic heterocycles. The summed E-state index contributed by atoms with van der Waals surface area (Å²) in [6.45, 7) is 10.9. The second kappa shape index (κ2) is 8.13. The van der Waals surface area contributed by atoms with Crippen molar-refractivity contribution in [3.05, 3.63) is 16.4 Å². The highest BCUT2D eigenvalue weighted by molar-refractivity contribution is 6.31. The molecule has 1 unspecified atom stereocenters. The van der Waals surface area contributed by atoms with Crippen molar-refractivity contribution in [3.63, 3.8) is 0 Å². The molecule has 0 fully saturated rings. The van der Waals surface area contributed by atoms with Crippen LogP contribution in [0.2, 0.25) is 5.02 Å². The molecule has 0 aliphatic heterocycles. The normalized spacial score (nSPS) is 13.2. The standard InChI is InChI=1S/C14H25Cl2N3/c1-5-12-14(16)13(19(6-2)18-12)9-17-8-11(15)7-10(3)4/h10-11,17H,5-9H2,1-4H3. The Morgan fingerprint density at radius 2 is 2.00 bits per heavy atom. The Morgan fingerprint density at radius 3 is 2.53 bits per heavy atom. The Bertz CT molecular complexity index is 388. The minimum atomic E-state index is 0.169. The Kier molecular flexibility index (Phi) is 7.19. The summed E-state index contributed by atoms with van der Waals surface area (Å²) in [6, 6.07) is 0. The Balaban J connectivity index is 2.55. The molecule has 0 spiro atoms. The molecule has 1 heterocycles. The van der Waals surface area contributed by atoms with Crippen LogP contribution in [0.5, 0.6) is 0 Å². The van der Waals surface area contributed by atoms with Gasteiger partial charge in [0.2, 0.25) is 0 Å². The third kappa shape index (κ3) is 4.97. The van der Waals surface area contributed by atoms with Gasteiger partial charge in [-0.15, -0.1) is 11.6 Å². The molecule has 1 aromatic rings. The maximum Gasteiger partial charge on any atom is 0.0863 e. The van der Waals surface area contributed by atoms with Gasteiger partial charge >= 0.3 is 0 Å². The van der Waals surface area contributed by atoms with Gasteiger partial charge in [-0.1, -0.05) is 32.4 Å². The van der Waals surface area contributed by atoms with Crippen LogP contribution in [0.3, 0.4) is 0 Å². The Hall–Kier alpha value is -0.250. The summed E-state index contributed by atoms with van der Waals surface area (Å²) in [5, 5.41) is 8.85. The molecule has 0 amide bonds. The van der Waals surface area contributed by atoms with Gasteiger partial charge in [0, 0.05) is 25.0 Å². The first-order valence-electron chi connectivity index (χ1n) is 7.08. The fourth-order valence-corrected chi connectivity index (χ4v) is 2.93. The van der Waals surface area contributed by atoms with E-state index in [2.05, 4.69) is 38.1 Å². The molecule has 5 heteroatoms. The van der Waals surface area contributed by atoms with Gasteiger partial charge in [0.1, 0.15) is 0 Å².